The highest BCUT2D eigenvalue weighted by atomic mass is 16.1. The lowest BCUT2D eigenvalue weighted by Gasteiger charge is -2.06. The molecule has 0 spiro atoms. The van der Waals surface area contributed by atoms with Gasteiger partial charge in [0.05, 0.1) is 0 Å². The molecule has 4 heteroatoms. The fourth-order valence-electron chi connectivity index (χ4n) is 1.67. The van der Waals surface area contributed by atoms with E-state index in [1.807, 2.05) is 24.3 Å². The molecule has 0 unspecified atom stereocenters. The largest absolute Gasteiger partial charge is 0.399 e. The minimum Gasteiger partial charge on any atom is -0.399 e. The van der Waals surface area contributed by atoms with Gasteiger partial charge in [0.25, 0.3) is 5.91 Å². The third-order valence-corrected chi connectivity index (χ3v) is 2.55. The van der Waals surface area contributed by atoms with Gasteiger partial charge in [0, 0.05) is 23.5 Å². The van der Waals surface area contributed by atoms with E-state index < -0.39 is 0 Å². The second kappa shape index (κ2) is 5.23. The maximum absolute atomic E-state index is 11.9. The summed E-state index contributed by atoms with van der Waals surface area (Å²) in [6, 6.07) is 14.3. The third-order valence-electron chi connectivity index (χ3n) is 2.55. The van der Waals surface area contributed by atoms with Crippen LogP contribution in [0.3, 0.4) is 0 Å². The van der Waals surface area contributed by atoms with Crippen molar-refractivity contribution in [1.29, 1.82) is 0 Å². The minimum absolute atomic E-state index is 0.148. The van der Waals surface area contributed by atoms with Crippen LogP contribution in [0.4, 0.5) is 11.4 Å². The summed E-state index contributed by atoms with van der Waals surface area (Å²) in [7, 11) is 0. The average Bonchev–Trinajstić information content (AvgIpc) is 2.36. The van der Waals surface area contributed by atoms with Crippen LogP contribution in [0.5, 0.6) is 0 Å². The lowest BCUT2D eigenvalue weighted by molar-refractivity contribution is 0.0951. The van der Waals surface area contributed by atoms with Crippen molar-refractivity contribution in [3.8, 4) is 0 Å². The molecule has 0 fully saturated rings. The highest BCUT2D eigenvalue weighted by Crippen LogP contribution is 2.08. The molecule has 0 heterocycles. The Labute approximate surface area is 106 Å². The molecule has 0 radical (unpaired) electrons. The lowest BCUT2D eigenvalue weighted by Crippen LogP contribution is -2.22. The Morgan fingerprint density at radius 2 is 1.67 bits per heavy atom. The van der Waals surface area contributed by atoms with Crippen molar-refractivity contribution in [2.45, 2.75) is 6.54 Å². The van der Waals surface area contributed by atoms with Gasteiger partial charge in [-0.2, -0.15) is 0 Å². The van der Waals surface area contributed by atoms with Crippen LogP contribution in [-0.4, -0.2) is 5.91 Å². The number of hydrogen-bond donors (Lipinski definition) is 3. The van der Waals surface area contributed by atoms with Crippen molar-refractivity contribution in [2.75, 3.05) is 11.5 Å². The second-order valence-electron chi connectivity index (χ2n) is 4.05. The summed E-state index contributed by atoms with van der Waals surface area (Å²) in [6.45, 7) is 0.443. The summed E-state index contributed by atoms with van der Waals surface area (Å²) in [5, 5.41) is 2.82. The zero-order valence-corrected chi connectivity index (χ0v) is 9.89. The summed E-state index contributed by atoms with van der Waals surface area (Å²) in [5.41, 5.74) is 14.1. The Hall–Kier alpha value is -2.49. The fourth-order valence-corrected chi connectivity index (χ4v) is 1.67. The van der Waals surface area contributed by atoms with Crippen LogP contribution in [0, 0.1) is 0 Å². The summed E-state index contributed by atoms with van der Waals surface area (Å²) >= 11 is 0. The Morgan fingerprint density at radius 3 is 2.33 bits per heavy atom. The van der Waals surface area contributed by atoms with Gasteiger partial charge in [-0.15, -0.1) is 0 Å². The van der Waals surface area contributed by atoms with Crippen LogP contribution in [0.1, 0.15) is 15.9 Å². The number of rotatable bonds is 3. The molecule has 4 nitrogen and oxygen atoms in total. The summed E-state index contributed by atoms with van der Waals surface area (Å²) < 4.78 is 0. The maximum atomic E-state index is 11.9. The van der Waals surface area contributed by atoms with Crippen molar-refractivity contribution < 1.29 is 4.79 Å². The molecule has 0 aliphatic rings. The van der Waals surface area contributed by atoms with Gasteiger partial charge in [0.1, 0.15) is 0 Å². The highest BCUT2D eigenvalue weighted by Gasteiger charge is 2.05. The molecular formula is C14H15N3O. The van der Waals surface area contributed by atoms with Gasteiger partial charge in [-0.3, -0.25) is 4.79 Å². The van der Waals surface area contributed by atoms with Gasteiger partial charge in [-0.25, -0.2) is 0 Å². The van der Waals surface area contributed by atoms with Crippen LogP contribution in [-0.2, 0) is 6.54 Å². The zero-order valence-electron chi connectivity index (χ0n) is 9.89. The van der Waals surface area contributed by atoms with E-state index in [0.29, 0.717) is 23.5 Å². The molecule has 2 rings (SSSR count). The monoisotopic (exact) mass is 241 g/mol. The summed E-state index contributed by atoms with van der Waals surface area (Å²) in [4.78, 5) is 11.9. The standard InChI is InChI=1S/C14H15N3O/c15-12-5-1-3-10(7-12)9-17-14(18)11-4-2-6-13(16)8-11/h1-8H,9,15-16H2,(H,17,18). The molecule has 0 aromatic heterocycles. The first-order valence-electron chi connectivity index (χ1n) is 5.63. The number of nitrogens with two attached hydrogens (primary N) is 2. The fraction of sp³-hybridized carbons (Fsp3) is 0.0714. The smallest absolute Gasteiger partial charge is 0.251 e. The Morgan fingerprint density at radius 1 is 1.00 bits per heavy atom. The van der Waals surface area contributed by atoms with Gasteiger partial charge in [-0.05, 0) is 35.9 Å². The minimum atomic E-state index is -0.148. The van der Waals surface area contributed by atoms with Crippen LogP contribution in [0.2, 0.25) is 0 Å². The van der Waals surface area contributed by atoms with E-state index in [0.717, 1.165) is 5.56 Å². The van der Waals surface area contributed by atoms with Crippen LogP contribution < -0.4 is 16.8 Å². The maximum Gasteiger partial charge on any atom is 0.251 e. The number of anilines is 2. The SMILES string of the molecule is Nc1cccc(CNC(=O)c2cccc(N)c2)c1. The Bertz CT molecular complexity index is 566. The van der Waals surface area contributed by atoms with E-state index in [1.54, 1.807) is 24.3 Å². The molecule has 0 atom stereocenters. The van der Waals surface area contributed by atoms with E-state index in [4.69, 9.17) is 11.5 Å². The number of benzene rings is 2. The quantitative estimate of drug-likeness (QED) is 0.716. The number of carbonyl (C=O) groups excluding carboxylic acids is 1. The molecule has 92 valence electrons. The van der Waals surface area contributed by atoms with Crippen LogP contribution in [0.15, 0.2) is 48.5 Å². The summed E-state index contributed by atoms with van der Waals surface area (Å²) in [5.74, 6) is -0.148. The molecule has 0 aliphatic carbocycles. The Kier molecular flexibility index (Phi) is 3.48. The normalized spacial score (nSPS) is 10.0. The predicted octanol–water partition coefficient (Wildman–Crippen LogP) is 1.78. The van der Waals surface area contributed by atoms with Gasteiger partial charge in [0.15, 0.2) is 0 Å². The molecule has 0 bridgehead atoms. The van der Waals surface area contributed by atoms with E-state index >= 15 is 0 Å². The molecule has 2 aromatic carbocycles. The molecule has 0 saturated carbocycles. The highest BCUT2D eigenvalue weighted by molar-refractivity contribution is 5.94. The van der Waals surface area contributed by atoms with Crippen molar-refractivity contribution in [3.05, 3.63) is 59.7 Å². The first kappa shape index (κ1) is 12.0. The molecule has 0 aliphatic heterocycles. The number of carbonyl (C=O) groups is 1. The zero-order chi connectivity index (χ0) is 13.0. The molecule has 0 saturated heterocycles. The molecule has 2 aromatic rings. The van der Waals surface area contributed by atoms with Gasteiger partial charge in [0.2, 0.25) is 0 Å². The third kappa shape index (κ3) is 3.01. The van der Waals surface area contributed by atoms with Crippen molar-refractivity contribution in [1.82, 2.24) is 5.32 Å². The lowest BCUT2D eigenvalue weighted by atomic mass is 10.1. The predicted molar refractivity (Wildman–Crippen MR) is 72.9 cm³/mol. The number of hydrogen-bond acceptors (Lipinski definition) is 3. The van der Waals surface area contributed by atoms with Gasteiger partial charge >= 0.3 is 0 Å². The average molecular weight is 241 g/mol. The van der Waals surface area contributed by atoms with E-state index in [1.165, 1.54) is 0 Å². The van der Waals surface area contributed by atoms with E-state index in [-0.39, 0.29) is 5.91 Å². The van der Waals surface area contributed by atoms with E-state index in [2.05, 4.69) is 5.32 Å². The van der Waals surface area contributed by atoms with Crippen molar-refractivity contribution in [2.24, 2.45) is 0 Å². The topological polar surface area (TPSA) is 81.1 Å². The summed E-state index contributed by atoms with van der Waals surface area (Å²) in [6.07, 6.45) is 0. The molecule has 5 N–H and O–H groups in total. The Balaban J connectivity index is 2.00. The van der Waals surface area contributed by atoms with Gasteiger partial charge in [-0.1, -0.05) is 18.2 Å². The molecule has 1 amide bonds. The van der Waals surface area contributed by atoms with Crippen molar-refractivity contribution in [3.63, 3.8) is 0 Å². The molecular weight excluding hydrogens is 226 g/mol. The van der Waals surface area contributed by atoms with Gasteiger partial charge < -0.3 is 16.8 Å². The second-order valence-corrected chi connectivity index (χ2v) is 4.05. The van der Waals surface area contributed by atoms with Crippen LogP contribution >= 0.6 is 0 Å². The molecule has 18 heavy (non-hydrogen) atoms. The first-order valence-corrected chi connectivity index (χ1v) is 5.63. The number of amides is 1. The first-order chi connectivity index (χ1) is 8.65. The number of nitrogens with one attached hydrogen (secondary N) is 1. The van der Waals surface area contributed by atoms with Crippen LogP contribution in [0.25, 0.3) is 0 Å². The van der Waals surface area contributed by atoms with E-state index in [9.17, 15) is 4.79 Å². The van der Waals surface area contributed by atoms with Crippen molar-refractivity contribution >= 4 is 17.3 Å². The number of nitrogen functional groups attached to an aromatic ring is 2.